The highest BCUT2D eigenvalue weighted by atomic mass is 16.1. The molecule has 0 aromatic heterocycles. The maximum Gasteiger partial charge on any atom is 0.157 e. The van der Waals surface area contributed by atoms with Crippen molar-refractivity contribution in [3.05, 3.63) is 35.4 Å². The van der Waals surface area contributed by atoms with E-state index in [0.717, 1.165) is 12.8 Å². The van der Waals surface area contributed by atoms with E-state index < -0.39 is 0 Å². The third-order valence-electron chi connectivity index (χ3n) is 4.05. The highest BCUT2D eigenvalue weighted by Gasteiger charge is 2.41. The third-order valence-corrected chi connectivity index (χ3v) is 4.05. The molecule has 1 aromatic rings. The van der Waals surface area contributed by atoms with Gasteiger partial charge < -0.3 is 4.90 Å². The van der Waals surface area contributed by atoms with E-state index in [9.17, 15) is 4.79 Å². The summed E-state index contributed by atoms with van der Waals surface area (Å²) in [4.78, 5) is 14.6. The van der Waals surface area contributed by atoms with E-state index in [0.29, 0.717) is 12.3 Å². The van der Waals surface area contributed by atoms with E-state index in [1.165, 1.54) is 24.0 Å². The topological polar surface area (TPSA) is 20.3 Å². The first-order valence-electron chi connectivity index (χ1n) is 6.80. The van der Waals surface area contributed by atoms with Crippen molar-refractivity contribution < 1.29 is 4.79 Å². The Morgan fingerprint density at radius 1 is 1.17 bits per heavy atom. The molecular weight excluding hydrogens is 222 g/mol. The molecule has 0 amide bonds. The lowest BCUT2D eigenvalue weighted by molar-refractivity contribution is -0.125. The zero-order valence-corrected chi connectivity index (χ0v) is 11.7. The Balaban J connectivity index is 2.32. The monoisotopic (exact) mass is 245 g/mol. The van der Waals surface area contributed by atoms with Crippen LogP contribution in [-0.4, -0.2) is 31.3 Å². The van der Waals surface area contributed by atoms with Crippen molar-refractivity contribution in [3.8, 4) is 0 Å². The van der Waals surface area contributed by atoms with Gasteiger partial charge in [-0.25, -0.2) is 0 Å². The number of aryl methyl sites for hydroxylation is 1. The molecule has 0 radical (unpaired) electrons. The molecule has 0 bridgehead atoms. The van der Waals surface area contributed by atoms with Crippen LogP contribution in [0, 0.1) is 6.92 Å². The van der Waals surface area contributed by atoms with Crippen LogP contribution in [0.3, 0.4) is 0 Å². The minimum absolute atomic E-state index is 0.210. The number of carbonyl (C=O) groups is 1. The molecule has 0 spiro atoms. The van der Waals surface area contributed by atoms with E-state index in [-0.39, 0.29) is 5.41 Å². The molecule has 98 valence electrons. The largest absolute Gasteiger partial charge is 0.302 e. The van der Waals surface area contributed by atoms with Crippen LogP contribution in [0.2, 0.25) is 0 Å². The zero-order chi connectivity index (χ0) is 13.2. The second kappa shape index (κ2) is 5.23. The molecule has 2 nitrogen and oxygen atoms in total. The normalized spacial score (nSPS) is 18.2. The van der Waals surface area contributed by atoms with Gasteiger partial charge in [0, 0.05) is 0 Å². The number of nitrogens with zero attached hydrogens (tertiary/aromatic N) is 1. The molecule has 1 aliphatic rings. The number of likely N-dealkylation sites (N-methyl/N-ethyl adjacent to an activating group) is 1. The fourth-order valence-corrected chi connectivity index (χ4v) is 3.02. The van der Waals surface area contributed by atoms with Gasteiger partial charge in [-0.15, -0.1) is 0 Å². The van der Waals surface area contributed by atoms with Crippen LogP contribution in [0.5, 0.6) is 0 Å². The number of rotatable bonds is 4. The summed E-state index contributed by atoms with van der Waals surface area (Å²) < 4.78 is 0. The molecule has 1 saturated carbocycles. The molecule has 1 aliphatic carbocycles. The van der Waals surface area contributed by atoms with Crippen LogP contribution >= 0.6 is 0 Å². The van der Waals surface area contributed by atoms with Gasteiger partial charge in [0.05, 0.1) is 12.0 Å². The minimum atomic E-state index is -0.210. The van der Waals surface area contributed by atoms with Crippen LogP contribution in [0.15, 0.2) is 24.3 Å². The van der Waals surface area contributed by atoms with Gasteiger partial charge in [0.1, 0.15) is 0 Å². The summed E-state index contributed by atoms with van der Waals surface area (Å²) in [5.74, 6) is 0.383. The van der Waals surface area contributed by atoms with Crippen molar-refractivity contribution in [1.29, 1.82) is 0 Å². The lowest BCUT2D eigenvalue weighted by Crippen LogP contribution is -2.39. The maximum absolute atomic E-state index is 12.6. The fourth-order valence-electron chi connectivity index (χ4n) is 3.02. The zero-order valence-electron chi connectivity index (χ0n) is 11.7. The molecular formula is C16H23NO. The average Bonchev–Trinajstić information content (AvgIpc) is 2.79. The molecule has 0 heterocycles. The Morgan fingerprint density at radius 2 is 1.72 bits per heavy atom. The lowest BCUT2D eigenvalue weighted by Gasteiger charge is -2.29. The van der Waals surface area contributed by atoms with E-state index in [4.69, 9.17) is 0 Å². The number of hydrogen-bond donors (Lipinski definition) is 0. The summed E-state index contributed by atoms with van der Waals surface area (Å²) >= 11 is 0. The van der Waals surface area contributed by atoms with Crippen molar-refractivity contribution in [2.75, 3.05) is 20.6 Å². The quantitative estimate of drug-likeness (QED) is 0.813. The predicted molar refractivity (Wildman–Crippen MR) is 74.9 cm³/mol. The molecule has 2 rings (SSSR count). The van der Waals surface area contributed by atoms with Gasteiger partial charge in [0.2, 0.25) is 0 Å². The highest BCUT2D eigenvalue weighted by molar-refractivity contribution is 5.92. The third kappa shape index (κ3) is 2.49. The van der Waals surface area contributed by atoms with Crippen LogP contribution in [0.4, 0.5) is 0 Å². The summed E-state index contributed by atoms with van der Waals surface area (Å²) in [5, 5.41) is 0. The molecule has 0 N–H and O–H groups in total. The van der Waals surface area contributed by atoms with Gasteiger partial charge in [-0.3, -0.25) is 4.79 Å². The molecule has 18 heavy (non-hydrogen) atoms. The summed E-state index contributed by atoms with van der Waals surface area (Å²) in [6, 6.07) is 8.54. The predicted octanol–water partition coefficient (Wildman–Crippen LogP) is 2.94. The number of carbonyl (C=O) groups excluding carboxylic acids is 1. The summed E-state index contributed by atoms with van der Waals surface area (Å²) in [7, 11) is 3.94. The SMILES string of the molecule is Cc1ccc(C2(C(=O)CN(C)C)CCCC2)cc1. The number of hydrogen-bond acceptors (Lipinski definition) is 2. The van der Waals surface area contributed by atoms with E-state index in [1.54, 1.807) is 0 Å². The van der Waals surface area contributed by atoms with Crippen LogP contribution in [0.1, 0.15) is 36.8 Å². The van der Waals surface area contributed by atoms with Crippen molar-refractivity contribution in [1.82, 2.24) is 4.90 Å². The second-order valence-corrected chi connectivity index (χ2v) is 5.82. The highest BCUT2D eigenvalue weighted by Crippen LogP contribution is 2.42. The number of Topliss-reactive ketones (excluding diaryl/α,β-unsaturated/α-hetero) is 1. The number of benzene rings is 1. The first kappa shape index (κ1) is 13.3. The Hall–Kier alpha value is -1.15. The van der Waals surface area contributed by atoms with E-state index in [2.05, 4.69) is 31.2 Å². The second-order valence-electron chi connectivity index (χ2n) is 5.82. The van der Waals surface area contributed by atoms with Crippen LogP contribution in [0.25, 0.3) is 0 Å². The van der Waals surface area contributed by atoms with Crippen LogP contribution < -0.4 is 0 Å². The average molecular weight is 245 g/mol. The Bertz CT molecular complexity index is 413. The molecule has 0 aliphatic heterocycles. The van der Waals surface area contributed by atoms with Gasteiger partial charge in [-0.2, -0.15) is 0 Å². The van der Waals surface area contributed by atoms with Crippen LogP contribution in [-0.2, 0) is 10.2 Å². The van der Waals surface area contributed by atoms with Gasteiger partial charge in [0.25, 0.3) is 0 Å². The van der Waals surface area contributed by atoms with E-state index in [1.807, 2.05) is 19.0 Å². The Labute approximate surface area is 110 Å². The summed E-state index contributed by atoms with van der Waals surface area (Å²) in [6.07, 6.45) is 4.38. The number of ketones is 1. The van der Waals surface area contributed by atoms with Crippen molar-refractivity contribution >= 4 is 5.78 Å². The Morgan fingerprint density at radius 3 is 2.22 bits per heavy atom. The molecule has 1 aromatic carbocycles. The maximum atomic E-state index is 12.6. The molecule has 0 unspecified atom stereocenters. The summed E-state index contributed by atoms with van der Waals surface area (Å²) in [5.41, 5.74) is 2.27. The molecule has 0 atom stereocenters. The summed E-state index contributed by atoms with van der Waals surface area (Å²) in [6.45, 7) is 2.64. The lowest BCUT2D eigenvalue weighted by atomic mass is 9.75. The fraction of sp³-hybridized carbons (Fsp3) is 0.562. The van der Waals surface area contributed by atoms with Crippen molar-refractivity contribution in [2.45, 2.75) is 38.0 Å². The minimum Gasteiger partial charge on any atom is -0.302 e. The first-order chi connectivity index (χ1) is 8.54. The van der Waals surface area contributed by atoms with Crippen molar-refractivity contribution in [2.24, 2.45) is 0 Å². The molecule has 1 fully saturated rings. The molecule has 0 saturated heterocycles. The smallest absolute Gasteiger partial charge is 0.157 e. The van der Waals surface area contributed by atoms with Gasteiger partial charge in [0.15, 0.2) is 5.78 Å². The Kier molecular flexibility index (Phi) is 3.86. The van der Waals surface area contributed by atoms with Gasteiger partial charge in [-0.05, 0) is 39.4 Å². The standard InChI is InChI=1S/C16H23NO/c1-13-6-8-14(9-7-13)16(10-4-5-11-16)15(18)12-17(2)3/h6-9H,4-5,10-12H2,1-3H3. The van der Waals surface area contributed by atoms with E-state index >= 15 is 0 Å². The molecule has 2 heteroatoms. The van der Waals surface area contributed by atoms with Gasteiger partial charge in [-0.1, -0.05) is 42.7 Å². The van der Waals surface area contributed by atoms with Crippen molar-refractivity contribution in [3.63, 3.8) is 0 Å². The van der Waals surface area contributed by atoms with Gasteiger partial charge >= 0.3 is 0 Å². The first-order valence-corrected chi connectivity index (χ1v) is 6.80.